The smallest absolute Gasteiger partial charge is 0.339 e. The van der Waals surface area contributed by atoms with Crippen LogP contribution in [0.2, 0.25) is 0 Å². The van der Waals surface area contributed by atoms with Crippen LogP contribution in [0.1, 0.15) is 249 Å². The van der Waals surface area contributed by atoms with Gasteiger partial charge in [0.2, 0.25) is 0 Å². The fraction of sp³-hybridized carbons (Fsp3) is 0.692. The quantitative estimate of drug-likeness (QED) is 0.0380. The summed E-state index contributed by atoms with van der Waals surface area (Å²) in [5.41, 5.74) is 1.19. The van der Waals surface area contributed by atoms with Gasteiger partial charge in [-0.15, -0.1) is 0 Å². The molecule has 0 unspecified atom stereocenters. The molecule has 8 heteroatoms. The Kier molecular flexibility index (Phi) is 35.7. The van der Waals surface area contributed by atoms with E-state index in [2.05, 4.69) is 27.7 Å². The Labute approximate surface area is 365 Å². The second kappa shape index (κ2) is 39.5. The van der Waals surface area contributed by atoms with Gasteiger partial charge in [-0.1, -0.05) is 206 Å². The van der Waals surface area contributed by atoms with E-state index in [4.69, 9.17) is 18.9 Å². The van der Waals surface area contributed by atoms with Crippen LogP contribution in [-0.4, -0.2) is 50.3 Å². The summed E-state index contributed by atoms with van der Waals surface area (Å²) in [6, 6.07) is 13.5. The minimum Gasteiger partial charge on any atom is -0.462 e. The van der Waals surface area contributed by atoms with Gasteiger partial charge in [-0.3, -0.25) is 0 Å². The molecule has 0 N–H and O–H groups in total. The zero-order valence-corrected chi connectivity index (χ0v) is 38.5. The molecule has 0 radical (unpaired) electrons. The van der Waals surface area contributed by atoms with E-state index in [-0.39, 0.29) is 0 Å². The molecule has 0 saturated heterocycles. The van der Waals surface area contributed by atoms with Crippen molar-refractivity contribution in [3.05, 3.63) is 70.8 Å². The average Bonchev–Trinajstić information content (AvgIpc) is 3.27. The third-order valence-corrected chi connectivity index (χ3v) is 10.7. The van der Waals surface area contributed by atoms with E-state index in [0.29, 0.717) is 48.7 Å². The van der Waals surface area contributed by atoms with Crippen molar-refractivity contribution in [3.63, 3.8) is 0 Å². The zero-order chi connectivity index (χ0) is 43.7. The first-order valence-electron chi connectivity index (χ1n) is 24.3. The fourth-order valence-corrected chi connectivity index (χ4v) is 6.89. The molecule has 2 rings (SSSR count). The van der Waals surface area contributed by atoms with Gasteiger partial charge in [0.15, 0.2) is 0 Å². The molecule has 0 spiro atoms. The number of benzene rings is 2. The molecule has 0 aromatic heterocycles. The lowest BCUT2D eigenvalue weighted by atomic mass is 10.1. The van der Waals surface area contributed by atoms with Crippen LogP contribution in [0.4, 0.5) is 0 Å². The van der Waals surface area contributed by atoms with Gasteiger partial charge in [-0.2, -0.15) is 0 Å². The maximum absolute atomic E-state index is 12.4. The van der Waals surface area contributed by atoms with Crippen molar-refractivity contribution < 1.29 is 38.1 Å². The molecule has 0 aliphatic carbocycles. The molecule has 0 bridgehead atoms. The topological polar surface area (TPSA) is 105 Å². The number of hydrogen-bond donors (Lipinski definition) is 0. The van der Waals surface area contributed by atoms with Gasteiger partial charge in [0.25, 0.3) is 0 Å². The number of hydrogen-bond acceptors (Lipinski definition) is 8. The van der Waals surface area contributed by atoms with Gasteiger partial charge in [0.05, 0.1) is 48.7 Å². The Hall–Kier alpha value is -3.68. The highest BCUT2D eigenvalue weighted by Gasteiger charge is 2.20. The van der Waals surface area contributed by atoms with Crippen molar-refractivity contribution in [2.75, 3.05) is 26.4 Å². The number of ether oxygens (including phenoxy) is 4. The summed E-state index contributed by atoms with van der Waals surface area (Å²) in [7, 11) is 0. The van der Waals surface area contributed by atoms with Crippen LogP contribution in [0, 0.1) is 0 Å². The molecule has 8 nitrogen and oxygen atoms in total. The fourth-order valence-electron chi connectivity index (χ4n) is 6.89. The van der Waals surface area contributed by atoms with Gasteiger partial charge in [0.1, 0.15) is 0 Å². The van der Waals surface area contributed by atoms with Crippen molar-refractivity contribution in [3.8, 4) is 0 Å². The summed E-state index contributed by atoms with van der Waals surface area (Å²) in [5.74, 6) is -1.76. The molecule has 0 atom stereocenters. The highest BCUT2D eigenvalue weighted by molar-refractivity contribution is 6.03. The van der Waals surface area contributed by atoms with Crippen molar-refractivity contribution in [1.29, 1.82) is 0 Å². The molecule has 2 aromatic carbocycles. The van der Waals surface area contributed by atoms with E-state index in [0.717, 1.165) is 51.4 Å². The van der Waals surface area contributed by atoms with Gasteiger partial charge < -0.3 is 18.9 Å². The van der Waals surface area contributed by atoms with Gasteiger partial charge in [-0.25, -0.2) is 19.2 Å². The average molecular weight is 837 g/mol. The third-order valence-electron chi connectivity index (χ3n) is 10.7. The monoisotopic (exact) mass is 837 g/mol. The van der Waals surface area contributed by atoms with E-state index in [9.17, 15) is 19.2 Å². The van der Waals surface area contributed by atoms with Crippen LogP contribution in [-0.2, 0) is 18.9 Å². The highest BCUT2D eigenvalue weighted by atomic mass is 16.5. The first-order chi connectivity index (χ1) is 29.4. The largest absolute Gasteiger partial charge is 0.462 e. The molecule has 0 saturated carbocycles. The Morgan fingerprint density at radius 1 is 0.283 bits per heavy atom. The molecule has 0 aliphatic rings. The van der Waals surface area contributed by atoms with Crippen LogP contribution >= 0.6 is 0 Å². The number of unbranched alkanes of at least 4 members (excludes halogenated alkanes) is 24. The maximum atomic E-state index is 12.4. The third kappa shape index (κ3) is 28.0. The maximum Gasteiger partial charge on any atom is 0.339 e. The van der Waals surface area contributed by atoms with Crippen molar-refractivity contribution in [2.24, 2.45) is 0 Å². The van der Waals surface area contributed by atoms with E-state index in [1.54, 1.807) is 48.5 Å². The lowest BCUT2D eigenvalue weighted by Gasteiger charge is -2.10. The van der Waals surface area contributed by atoms with Crippen LogP contribution < -0.4 is 0 Å². The number of rotatable bonds is 36. The highest BCUT2D eigenvalue weighted by Crippen LogP contribution is 2.16. The van der Waals surface area contributed by atoms with Gasteiger partial charge in [0, 0.05) is 0 Å². The van der Waals surface area contributed by atoms with Crippen molar-refractivity contribution >= 4 is 23.9 Å². The lowest BCUT2D eigenvalue weighted by molar-refractivity contribution is 0.0450. The first-order valence-corrected chi connectivity index (χ1v) is 24.3. The summed E-state index contributed by atoms with van der Waals surface area (Å²) < 4.78 is 21.6. The Balaban J connectivity index is 0.000000600. The van der Waals surface area contributed by atoms with Crippen LogP contribution in [0.3, 0.4) is 0 Å². The Bertz CT molecular complexity index is 1170. The summed E-state index contributed by atoms with van der Waals surface area (Å²) in [5, 5.41) is 0. The summed E-state index contributed by atoms with van der Waals surface area (Å²) in [4.78, 5) is 49.7. The van der Waals surface area contributed by atoms with Crippen LogP contribution in [0.15, 0.2) is 48.5 Å². The predicted octanol–water partition coefficient (Wildman–Crippen LogP) is 15.0. The second-order valence-electron chi connectivity index (χ2n) is 16.1. The number of esters is 4. The predicted molar refractivity (Wildman–Crippen MR) is 246 cm³/mol. The molecular formula is C52H84O8. The summed E-state index contributed by atoms with van der Waals surface area (Å²) in [6.07, 6.45) is 32.7. The summed E-state index contributed by atoms with van der Waals surface area (Å²) in [6.45, 7) is 10.4. The Morgan fingerprint density at radius 3 is 0.633 bits per heavy atom. The molecule has 0 aliphatic heterocycles. The van der Waals surface area contributed by atoms with Crippen molar-refractivity contribution in [2.45, 2.75) is 207 Å². The van der Waals surface area contributed by atoms with Gasteiger partial charge in [-0.05, 0) is 49.9 Å². The number of carbonyl (C=O) groups excluding carboxylic acids is 4. The first kappa shape index (κ1) is 54.3. The zero-order valence-electron chi connectivity index (χ0n) is 38.5. The molecule has 340 valence electrons. The lowest BCUT2D eigenvalue weighted by Crippen LogP contribution is -2.15. The second-order valence-corrected chi connectivity index (χ2v) is 16.1. The molecule has 0 fully saturated rings. The SMILES string of the molecule is CCCCCCCCCOC(=O)c1ccccc1C(=O)OCCCCCCCCC.CCCCCCCCCOC(=O)c1ccccc1C(=O)OCCCCCCCCC. The molecule has 0 heterocycles. The number of carbonyl (C=O) groups is 4. The van der Waals surface area contributed by atoms with E-state index in [1.165, 1.54) is 128 Å². The normalized spacial score (nSPS) is 10.7. The van der Waals surface area contributed by atoms with Crippen molar-refractivity contribution in [1.82, 2.24) is 0 Å². The van der Waals surface area contributed by atoms with E-state index in [1.807, 2.05) is 0 Å². The molecule has 0 amide bonds. The molecular weight excluding hydrogens is 753 g/mol. The standard InChI is InChI=1S/2C26H42O4/c2*1-3-5-7-9-11-13-17-21-29-25(27)23-19-15-16-20-24(23)26(28)30-22-18-14-12-10-8-6-4-2/h2*15-16,19-20H,3-14,17-18,21-22H2,1-2H3. The van der Waals surface area contributed by atoms with Crippen LogP contribution in [0.5, 0.6) is 0 Å². The summed E-state index contributed by atoms with van der Waals surface area (Å²) >= 11 is 0. The molecule has 60 heavy (non-hydrogen) atoms. The molecule has 2 aromatic rings. The minimum atomic E-state index is -0.440. The van der Waals surface area contributed by atoms with Gasteiger partial charge >= 0.3 is 23.9 Å². The van der Waals surface area contributed by atoms with E-state index >= 15 is 0 Å². The van der Waals surface area contributed by atoms with Crippen LogP contribution in [0.25, 0.3) is 0 Å². The van der Waals surface area contributed by atoms with E-state index < -0.39 is 23.9 Å². The minimum absolute atomic E-state index is 0.296. The Morgan fingerprint density at radius 2 is 0.450 bits per heavy atom.